The number of nitrogens with zero attached hydrogens (tertiary/aromatic N) is 2. The number of hydrogen-bond acceptors (Lipinski definition) is 4. The maximum Gasteiger partial charge on any atom is 0.260 e. The average molecular weight is 203 g/mol. The molecule has 2 rings (SSSR count). The molecular formula is C6H9N3O3S. The Morgan fingerprint density at radius 3 is 2.77 bits per heavy atom. The Morgan fingerprint density at radius 1 is 1.62 bits per heavy atom. The minimum absolute atomic E-state index is 0.0689. The standard InChI is InChI=1S/C6H9N3O3S/c10-5-3-9(4-5)13(11,12)6-1-2-7-8-6/h1-2,5,10H,3-4H2,(H,7,8). The molecule has 2 N–H and O–H groups in total. The summed E-state index contributed by atoms with van der Waals surface area (Å²) < 4.78 is 24.3. The Kier molecular flexibility index (Phi) is 1.86. The molecule has 72 valence electrons. The lowest BCUT2D eigenvalue weighted by atomic mass is 10.2. The third kappa shape index (κ3) is 1.34. The maximum absolute atomic E-state index is 11.6. The van der Waals surface area contributed by atoms with Crippen LogP contribution >= 0.6 is 0 Å². The molecule has 0 radical (unpaired) electrons. The van der Waals surface area contributed by atoms with Crippen LogP contribution in [0.4, 0.5) is 0 Å². The maximum atomic E-state index is 11.6. The van der Waals surface area contributed by atoms with E-state index in [9.17, 15) is 8.42 Å². The van der Waals surface area contributed by atoms with Crippen LogP contribution in [0.5, 0.6) is 0 Å². The van der Waals surface area contributed by atoms with Crippen LogP contribution < -0.4 is 0 Å². The topological polar surface area (TPSA) is 86.3 Å². The van der Waals surface area contributed by atoms with Crippen molar-refractivity contribution in [2.45, 2.75) is 11.1 Å². The van der Waals surface area contributed by atoms with E-state index in [1.165, 1.54) is 16.6 Å². The molecule has 7 heteroatoms. The van der Waals surface area contributed by atoms with Gasteiger partial charge in [0.15, 0.2) is 5.03 Å². The van der Waals surface area contributed by atoms with E-state index >= 15 is 0 Å². The van der Waals surface area contributed by atoms with Gasteiger partial charge in [-0.05, 0) is 6.07 Å². The average Bonchev–Trinajstić information content (AvgIpc) is 2.50. The van der Waals surface area contributed by atoms with Crippen molar-refractivity contribution >= 4 is 10.0 Å². The Labute approximate surface area is 75.2 Å². The molecule has 0 unspecified atom stereocenters. The molecular weight excluding hydrogens is 194 g/mol. The SMILES string of the molecule is O=S(=O)(c1ccn[nH]1)N1CC(O)C1. The lowest BCUT2D eigenvalue weighted by molar-refractivity contribution is 0.0546. The zero-order valence-electron chi connectivity index (χ0n) is 6.71. The summed E-state index contributed by atoms with van der Waals surface area (Å²) in [6.07, 6.45) is 0.848. The van der Waals surface area contributed by atoms with Crippen molar-refractivity contribution in [3.63, 3.8) is 0 Å². The van der Waals surface area contributed by atoms with Crippen molar-refractivity contribution < 1.29 is 13.5 Å². The van der Waals surface area contributed by atoms with E-state index < -0.39 is 16.1 Å². The van der Waals surface area contributed by atoms with Crippen LogP contribution in [0.3, 0.4) is 0 Å². The van der Waals surface area contributed by atoms with Crippen molar-refractivity contribution in [2.75, 3.05) is 13.1 Å². The third-order valence-electron chi connectivity index (χ3n) is 1.92. The summed E-state index contributed by atoms with van der Waals surface area (Å²) in [6.45, 7) is 0.336. The fourth-order valence-corrected chi connectivity index (χ4v) is 2.55. The van der Waals surface area contributed by atoms with E-state index in [4.69, 9.17) is 5.11 Å². The van der Waals surface area contributed by atoms with Crippen molar-refractivity contribution in [3.8, 4) is 0 Å². The molecule has 13 heavy (non-hydrogen) atoms. The fourth-order valence-electron chi connectivity index (χ4n) is 1.14. The summed E-state index contributed by atoms with van der Waals surface area (Å²) in [7, 11) is -3.44. The second kappa shape index (κ2) is 2.79. The molecule has 0 aromatic carbocycles. The van der Waals surface area contributed by atoms with E-state index in [1.807, 2.05) is 0 Å². The van der Waals surface area contributed by atoms with Crippen LogP contribution in [0.2, 0.25) is 0 Å². The second-order valence-corrected chi connectivity index (χ2v) is 4.80. The lowest BCUT2D eigenvalue weighted by Gasteiger charge is -2.33. The van der Waals surface area contributed by atoms with Gasteiger partial charge >= 0.3 is 0 Å². The lowest BCUT2D eigenvalue weighted by Crippen LogP contribution is -2.53. The molecule has 0 atom stereocenters. The largest absolute Gasteiger partial charge is 0.390 e. The first-order valence-corrected chi connectivity index (χ1v) is 5.22. The summed E-state index contributed by atoms with van der Waals surface area (Å²) in [5.41, 5.74) is 0. The molecule has 0 aliphatic carbocycles. The Bertz CT molecular complexity index is 379. The normalized spacial score (nSPS) is 20.1. The number of aromatic amines is 1. The van der Waals surface area contributed by atoms with Crippen LogP contribution in [0, 0.1) is 0 Å². The van der Waals surface area contributed by atoms with Gasteiger partial charge in [0, 0.05) is 13.1 Å². The number of sulfonamides is 1. The third-order valence-corrected chi connectivity index (χ3v) is 3.68. The minimum atomic E-state index is -3.44. The van der Waals surface area contributed by atoms with Crippen LogP contribution in [0.15, 0.2) is 17.3 Å². The first-order valence-electron chi connectivity index (χ1n) is 3.78. The van der Waals surface area contributed by atoms with Gasteiger partial charge in [0.1, 0.15) is 0 Å². The minimum Gasteiger partial charge on any atom is -0.390 e. The van der Waals surface area contributed by atoms with Gasteiger partial charge in [-0.25, -0.2) is 8.42 Å². The summed E-state index contributed by atoms with van der Waals surface area (Å²) in [4.78, 5) is 0. The zero-order valence-corrected chi connectivity index (χ0v) is 7.53. The molecule has 2 heterocycles. The van der Waals surface area contributed by atoms with Crippen molar-refractivity contribution in [2.24, 2.45) is 0 Å². The number of aliphatic hydroxyl groups excluding tert-OH is 1. The Balaban J connectivity index is 2.23. The van der Waals surface area contributed by atoms with Crippen molar-refractivity contribution in [3.05, 3.63) is 12.3 Å². The predicted molar refractivity (Wildman–Crippen MR) is 43.4 cm³/mol. The number of aromatic nitrogens is 2. The molecule has 1 saturated heterocycles. The van der Waals surface area contributed by atoms with E-state index in [0.717, 1.165) is 0 Å². The summed E-state index contributed by atoms with van der Waals surface area (Å²) >= 11 is 0. The van der Waals surface area contributed by atoms with E-state index in [0.29, 0.717) is 0 Å². The summed E-state index contributed by atoms with van der Waals surface area (Å²) in [5.74, 6) is 0. The Hall–Kier alpha value is -0.920. The quantitative estimate of drug-likeness (QED) is 0.630. The second-order valence-electron chi connectivity index (χ2n) is 2.90. The van der Waals surface area contributed by atoms with Gasteiger partial charge in [-0.2, -0.15) is 9.40 Å². The number of nitrogens with one attached hydrogen (secondary N) is 1. The van der Waals surface area contributed by atoms with Gasteiger partial charge in [-0.15, -0.1) is 0 Å². The van der Waals surface area contributed by atoms with Crippen LogP contribution in [-0.2, 0) is 10.0 Å². The highest BCUT2D eigenvalue weighted by molar-refractivity contribution is 7.89. The molecule has 6 nitrogen and oxygen atoms in total. The van der Waals surface area contributed by atoms with Crippen LogP contribution in [-0.4, -0.2) is 47.2 Å². The molecule has 0 amide bonds. The van der Waals surface area contributed by atoms with E-state index in [2.05, 4.69) is 10.2 Å². The summed E-state index contributed by atoms with van der Waals surface area (Å²) in [6, 6.07) is 1.39. The monoisotopic (exact) mass is 203 g/mol. The molecule has 0 spiro atoms. The molecule has 0 bridgehead atoms. The first-order chi connectivity index (χ1) is 6.10. The van der Waals surface area contributed by atoms with Crippen molar-refractivity contribution in [1.82, 2.24) is 14.5 Å². The van der Waals surface area contributed by atoms with Gasteiger partial charge in [-0.3, -0.25) is 5.10 Å². The number of rotatable bonds is 2. The van der Waals surface area contributed by atoms with Gasteiger partial charge in [0.05, 0.1) is 12.3 Å². The highest BCUT2D eigenvalue weighted by atomic mass is 32.2. The summed E-state index contributed by atoms with van der Waals surface area (Å²) in [5, 5.41) is 15.0. The van der Waals surface area contributed by atoms with E-state index in [1.54, 1.807) is 0 Å². The van der Waals surface area contributed by atoms with Gasteiger partial charge in [0.25, 0.3) is 10.0 Å². The molecule has 1 aliphatic heterocycles. The molecule has 1 aliphatic rings. The molecule has 0 saturated carbocycles. The van der Waals surface area contributed by atoms with Crippen LogP contribution in [0.1, 0.15) is 0 Å². The number of H-pyrrole nitrogens is 1. The molecule has 1 aromatic heterocycles. The molecule has 1 fully saturated rings. The van der Waals surface area contributed by atoms with Gasteiger partial charge < -0.3 is 5.11 Å². The van der Waals surface area contributed by atoms with Crippen LogP contribution in [0.25, 0.3) is 0 Å². The highest BCUT2D eigenvalue weighted by Crippen LogP contribution is 2.18. The highest BCUT2D eigenvalue weighted by Gasteiger charge is 2.36. The Morgan fingerprint density at radius 2 is 2.31 bits per heavy atom. The molecule has 1 aromatic rings. The first kappa shape index (κ1) is 8.67. The van der Waals surface area contributed by atoms with Crippen molar-refractivity contribution in [1.29, 1.82) is 0 Å². The number of aliphatic hydroxyl groups is 1. The number of β-amino-alcohol motifs (C(OH)–C–C–N with tert-alkyl or cyclic N) is 1. The zero-order chi connectivity index (χ0) is 9.47. The van der Waals surface area contributed by atoms with Gasteiger partial charge in [0.2, 0.25) is 0 Å². The fraction of sp³-hybridized carbons (Fsp3) is 0.500. The smallest absolute Gasteiger partial charge is 0.260 e. The van der Waals surface area contributed by atoms with E-state index in [-0.39, 0.29) is 18.1 Å². The predicted octanol–water partition coefficient (Wildman–Crippen LogP) is -1.23. The number of hydrogen-bond donors (Lipinski definition) is 2. The van der Waals surface area contributed by atoms with Gasteiger partial charge in [-0.1, -0.05) is 0 Å².